The molecule has 1 aliphatic rings. The number of carbonyl (C=O) groups excluding carboxylic acids is 2. The normalized spacial score (nSPS) is 16.6. The number of benzene rings is 1. The van der Waals surface area contributed by atoms with Crippen molar-refractivity contribution in [2.45, 2.75) is 58.9 Å². The smallest absolute Gasteiger partial charge is 0.248 e. The maximum atomic E-state index is 12.8. The molecule has 0 bridgehead atoms. The first-order valence-corrected chi connectivity index (χ1v) is 10.2. The highest BCUT2D eigenvalue weighted by molar-refractivity contribution is 7.22. The Morgan fingerprint density at radius 2 is 1.92 bits per heavy atom. The minimum Gasteiger partial charge on any atom is -0.344 e. The van der Waals surface area contributed by atoms with Gasteiger partial charge in [-0.2, -0.15) is 0 Å². The molecule has 1 atom stereocenters. The number of aryl methyl sites for hydroxylation is 1. The molecule has 6 heteroatoms. The van der Waals surface area contributed by atoms with Gasteiger partial charge in [-0.15, -0.1) is 0 Å². The van der Waals surface area contributed by atoms with Gasteiger partial charge in [0.15, 0.2) is 5.13 Å². The van der Waals surface area contributed by atoms with Crippen LogP contribution < -0.4 is 10.6 Å². The average Bonchev–Trinajstić information content (AvgIpc) is 3.01. The number of nitrogens with zero attached hydrogens (tertiary/aromatic N) is 1. The molecule has 1 fully saturated rings. The number of anilines is 1. The van der Waals surface area contributed by atoms with Crippen LogP contribution in [-0.2, 0) is 9.59 Å². The van der Waals surface area contributed by atoms with Gasteiger partial charge in [0, 0.05) is 5.92 Å². The number of thiazole rings is 1. The van der Waals surface area contributed by atoms with Crippen molar-refractivity contribution in [3.63, 3.8) is 0 Å². The summed E-state index contributed by atoms with van der Waals surface area (Å²) in [4.78, 5) is 29.8. The Balaban J connectivity index is 1.68. The molecular formula is C20H27N3O2S. The highest BCUT2D eigenvalue weighted by Gasteiger charge is 2.29. The number of hydrogen-bond donors (Lipinski definition) is 2. The summed E-state index contributed by atoms with van der Waals surface area (Å²) in [5, 5.41) is 6.45. The van der Waals surface area contributed by atoms with Gasteiger partial charge in [-0.25, -0.2) is 4.98 Å². The quantitative estimate of drug-likeness (QED) is 0.822. The highest BCUT2D eigenvalue weighted by atomic mass is 32.1. The van der Waals surface area contributed by atoms with Gasteiger partial charge < -0.3 is 10.6 Å². The van der Waals surface area contributed by atoms with Crippen LogP contribution in [0.3, 0.4) is 0 Å². The lowest BCUT2D eigenvalue weighted by atomic mass is 9.88. The minimum absolute atomic E-state index is 0.0125. The van der Waals surface area contributed by atoms with E-state index in [1.54, 1.807) is 0 Å². The van der Waals surface area contributed by atoms with Crippen molar-refractivity contribution in [2.75, 3.05) is 5.32 Å². The largest absolute Gasteiger partial charge is 0.344 e. The van der Waals surface area contributed by atoms with Crippen molar-refractivity contribution in [3.05, 3.63) is 23.8 Å². The zero-order chi connectivity index (χ0) is 18.7. The Labute approximate surface area is 158 Å². The molecule has 140 valence electrons. The number of amides is 2. The summed E-state index contributed by atoms with van der Waals surface area (Å²) in [6, 6.07) is 5.49. The van der Waals surface area contributed by atoms with Crippen molar-refractivity contribution in [1.29, 1.82) is 0 Å². The van der Waals surface area contributed by atoms with Crippen molar-refractivity contribution in [1.82, 2.24) is 10.3 Å². The molecule has 1 aromatic carbocycles. The fraction of sp³-hybridized carbons (Fsp3) is 0.550. The van der Waals surface area contributed by atoms with Gasteiger partial charge in [0.2, 0.25) is 11.8 Å². The topological polar surface area (TPSA) is 71.1 Å². The van der Waals surface area contributed by atoms with E-state index >= 15 is 0 Å². The van der Waals surface area contributed by atoms with Gasteiger partial charge >= 0.3 is 0 Å². The lowest BCUT2D eigenvalue weighted by Crippen LogP contribution is -2.49. The van der Waals surface area contributed by atoms with Gasteiger partial charge in [0.1, 0.15) is 6.04 Å². The number of nitrogens with one attached hydrogen (secondary N) is 2. The van der Waals surface area contributed by atoms with E-state index in [1.165, 1.54) is 23.3 Å². The van der Waals surface area contributed by atoms with Crippen LogP contribution in [0, 0.1) is 18.8 Å². The lowest BCUT2D eigenvalue weighted by Gasteiger charge is -2.26. The predicted molar refractivity (Wildman–Crippen MR) is 106 cm³/mol. The molecule has 1 heterocycles. The van der Waals surface area contributed by atoms with E-state index in [4.69, 9.17) is 0 Å². The van der Waals surface area contributed by atoms with Crippen LogP contribution in [-0.4, -0.2) is 22.8 Å². The van der Waals surface area contributed by atoms with Crippen molar-refractivity contribution < 1.29 is 9.59 Å². The van der Waals surface area contributed by atoms with Crippen LogP contribution in [0.25, 0.3) is 10.2 Å². The molecule has 0 radical (unpaired) electrons. The van der Waals surface area contributed by atoms with Crippen LogP contribution in [0.1, 0.15) is 51.5 Å². The summed E-state index contributed by atoms with van der Waals surface area (Å²) < 4.78 is 1.05. The van der Waals surface area contributed by atoms with Crippen LogP contribution in [0.2, 0.25) is 0 Å². The first kappa shape index (κ1) is 18.8. The first-order chi connectivity index (χ1) is 12.4. The van der Waals surface area contributed by atoms with Gasteiger partial charge in [-0.05, 0) is 43.4 Å². The van der Waals surface area contributed by atoms with Gasteiger partial charge in [0.25, 0.3) is 0 Å². The molecule has 0 aliphatic heterocycles. The zero-order valence-electron chi connectivity index (χ0n) is 15.7. The summed E-state index contributed by atoms with van der Waals surface area (Å²) in [6.45, 7) is 5.94. The molecule has 1 aliphatic carbocycles. The van der Waals surface area contributed by atoms with E-state index in [9.17, 15) is 9.59 Å². The third-order valence-electron chi connectivity index (χ3n) is 5.00. The molecule has 0 saturated heterocycles. The Morgan fingerprint density at radius 3 is 2.62 bits per heavy atom. The fourth-order valence-electron chi connectivity index (χ4n) is 3.44. The van der Waals surface area contributed by atoms with Crippen molar-refractivity contribution >= 4 is 38.5 Å². The summed E-state index contributed by atoms with van der Waals surface area (Å²) >= 11 is 1.46. The van der Waals surface area contributed by atoms with Crippen molar-refractivity contribution in [3.8, 4) is 0 Å². The van der Waals surface area contributed by atoms with Crippen LogP contribution >= 0.6 is 11.3 Å². The van der Waals surface area contributed by atoms with E-state index < -0.39 is 6.04 Å². The molecule has 1 saturated carbocycles. The zero-order valence-corrected chi connectivity index (χ0v) is 16.5. The minimum atomic E-state index is -0.543. The highest BCUT2D eigenvalue weighted by Crippen LogP contribution is 2.27. The third kappa shape index (κ3) is 4.41. The Kier molecular flexibility index (Phi) is 5.91. The molecule has 2 aromatic rings. The van der Waals surface area contributed by atoms with Crippen LogP contribution in [0.5, 0.6) is 0 Å². The maximum absolute atomic E-state index is 12.8. The monoisotopic (exact) mass is 373 g/mol. The van der Waals surface area contributed by atoms with E-state index in [0.29, 0.717) is 5.13 Å². The van der Waals surface area contributed by atoms with Crippen molar-refractivity contribution in [2.24, 2.45) is 11.8 Å². The van der Waals surface area contributed by atoms with Crippen LogP contribution in [0.15, 0.2) is 18.2 Å². The molecule has 2 amide bonds. The Morgan fingerprint density at radius 1 is 1.19 bits per heavy atom. The fourth-order valence-corrected chi connectivity index (χ4v) is 4.41. The second-order valence-electron chi connectivity index (χ2n) is 7.54. The number of fused-ring (bicyclic) bond motifs is 1. The van der Waals surface area contributed by atoms with Gasteiger partial charge in [0.05, 0.1) is 10.2 Å². The van der Waals surface area contributed by atoms with E-state index in [-0.39, 0.29) is 23.7 Å². The summed E-state index contributed by atoms with van der Waals surface area (Å²) in [6.07, 6.45) is 5.25. The van der Waals surface area contributed by atoms with Gasteiger partial charge in [-0.1, -0.05) is 50.5 Å². The van der Waals surface area contributed by atoms with E-state index in [0.717, 1.165) is 35.9 Å². The molecule has 5 nitrogen and oxygen atoms in total. The second kappa shape index (κ2) is 8.16. The first-order valence-electron chi connectivity index (χ1n) is 9.42. The molecule has 1 aromatic heterocycles. The van der Waals surface area contributed by atoms with E-state index in [2.05, 4.69) is 21.7 Å². The average molecular weight is 374 g/mol. The summed E-state index contributed by atoms with van der Waals surface area (Å²) in [5.74, 6) is -0.124. The molecule has 1 unspecified atom stereocenters. The summed E-state index contributed by atoms with van der Waals surface area (Å²) in [7, 11) is 0. The Hall–Kier alpha value is -1.95. The predicted octanol–water partition coefficient (Wildman–Crippen LogP) is 4.26. The third-order valence-corrected chi connectivity index (χ3v) is 5.93. The number of rotatable bonds is 5. The molecule has 0 spiro atoms. The number of aromatic nitrogens is 1. The summed E-state index contributed by atoms with van der Waals surface area (Å²) in [5.41, 5.74) is 2.04. The lowest BCUT2D eigenvalue weighted by molar-refractivity contribution is -0.130. The standard InChI is InChI=1S/C20H27N3O2S/c1-12(2)17(22-18(24)14-7-5-4-6-8-14)19(25)23-20-21-15-10-9-13(3)11-16(15)26-20/h9-12,14,17H,4-8H2,1-3H3,(H,22,24)(H,21,23,25). The second-order valence-corrected chi connectivity index (χ2v) is 8.58. The number of hydrogen-bond acceptors (Lipinski definition) is 4. The molecule has 26 heavy (non-hydrogen) atoms. The maximum Gasteiger partial charge on any atom is 0.248 e. The van der Waals surface area contributed by atoms with Crippen LogP contribution in [0.4, 0.5) is 5.13 Å². The molecular weight excluding hydrogens is 346 g/mol. The number of carbonyl (C=O) groups is 2. The SMILES string of the molecule is Cc1ccc2nc(NC(=O)C(NC(=O)C3CCCCC3)C(C)C)sc2c1. The van der Waals surface area contributed by atoms with E-state index in [1.807, 2.05) is 32.9 Å². The van der Waals surface area contributed by atoms with Gasteiger partial charge in [-0.3, -0.25) is 9.59 Å². The Bertz CT molecular complexity index is 793. The molecule has 2 N–H and O–H groups in total. The molecule has 3 rings (SSSR count).